The van der Waals surface area contributed by atoms with Crippen LogP contribution in [0.5, 0.6) is 0 Å². The smallest absolute Gasteiger partial charge is 0.253 e. The zero-order valence-electron chi connectivity index (χ0n) is 14.8. The van der Waals surface area contributed by atoms with Gasteiger partial charge >= 0.3 is 0 Å². The van der Waals surface area contributed by atoms with Gasteiger partial charge in [0, 0.05) is 12.6 Å². The molecule has 0 aromatic heterocycles. The van der Waals surface area contributed by atoms with E-state index in [4.69, 9.17) is 9.47 Å². The molecule has 0 aliphatic carbocycles. The average molecular weight is 377 g/mol. The van der Waals surface area contributed by atoms with Crippen LogP contribution in [0, 0.1) is 0 Å². The van der Waals surface area contributed by atoms with E-state index in [0.29, 0.717) is 0 Å². The van der Waals surface area contributed by atoms with Crippen LogP contribution in [0.1, 0.15) is 13.8 Å². The van der Waals surface area contributed by atoms with E-state index in [-0.39, 0.29) is 5.57 Å². The Morgan fingerprint density at radius 2 is 1.27 bits per heavy atom. The summed E-state index contributed by atoms with van der Waals surface area (Å²) in [7, 11) is 1.29. The highest BCUT2D eigenvalue weighted by molar-refractivity contribution is 5.94. The Labute approximate surface area is 150 Å². The molecular weight excluding hydrogens is 350 g/mol. The summed E-state index contributed by atoms with van der Waals surface area (Å²) in [5.41, 5.74) is -0.220. The third kappa shape index (κ3) is 3.64. The molecule has 26 heavy (non-hydrogen) atoms. The number of rotatable bonds is 3. The number of hydrogen-bond donors (Lipinski definition) is 6. The summed E-state index contributed by atoms with van der Waals surface area (Å²) in [5, 5.41) is 59.4. The third-order valence-electron chi connectivity index (χ3n) is 5.00. The Bertz CT molecular complexity index is 544. The van der Waals surface area contributed by atoms with Gasteiger partial charge in [-0.2, -0.15) is 0 Å². The molecule has 2 saturated heterocycles. The summed E-state index contributed by atoms with van der Waals surface area (Å²) in [6.45, 7) is 6.55. The van der Waals surface area contributed by atoms with Crippen molar-refractivity contribution in [1.29, 1.82) is 0 Å². The molecule has 10 nitrogen and oxygen atoms in total. The first-order chi connectivity index (χ1) is 12.0. The molecule has 1 amide bonds. The van der Waals surface area contributed by atoms with E-state index < -0.39 is 67.1 Å². The molecular formula is C16H27NO9. The number of hydrogen-bond acceptors (Lipinski definition) is 9. The van der Waals surface area contributed by atoms with Crippen molar-refractivity contribution in [2.75, 3.05) is 7.05 Å². The first kappa shape index (κ1) is 21.2. The van der Waals surface area contributed by atoms with Gasteiger partial charge < -0.3 is 45.0 Å². The molecule has 2 rings (SSSR count). The molecule has 2 heterocycles. The molecule has 0 aromatic rings. The Balaban J connectivity index is 2.13. The molecule has 2 aliphatic rings. The summed E-state index contributed by atoms with van der Waals surface area (Å²) in [5.74, 6) is -0.760. The van der Waals surface area contributed by atoms with Crippen LogP contribution in [-0.2, 0) is 14.3 Å². The standard InChI is InChI=1S/C16H27NO9/c1-5(14-12(22)10(20)8(18)6(2)25-14)15(24)17(4)16-13(23)11(21)9(19)7(3)26-16/h6-14,16,18-23H,1H2,2-4H3/t6-,7-,8-,9-,10+,11+,12+,13+,14?,16-/m0/s1. The molecule has 0 saturated carbocycles. The van der Waals surface area contributed by atoms with Crippen molar-refractivity contribution < 1.29 is 44.9 Å². The second kappa shape index (κ2) is 7.87. The van der Waals surface area contributed by atoms with Crippen LogP contribution in [0.3, 0.4) is 0 Å². The minimum Gasteiger partial charge on any atom is -0.388 e. The van der Waals surface area contributed by atoms with Gasteiger partial charge in [-0.1, -0.05) is 6.58 Å². The van der Waals surface area contributed by atoms with Crippen LogP contribution in [-0.4, -0.2) is 110 Å². The van der Waals surface area contributed by atoms with Gasteiger partial charge in [-0.3, -0.25) is 4.79 Å². The van der Waals surface area contributed by atoms with Gasteiger partial charge in [0.05, 0.1) is 12.2 Å². The first-order valence-corrected chi connectivity index (χ1v) is 8.34. The van der Waals surface area contributed by atoms with E-state index in [2.05, 4.69) is 6.58 Å². The van der Waals surface area contributed by atoms with E-state index in [9.17, 15) is 35.4 Å². The molecule has 6 N–H and O–H groups in total. The van der Waals surface area contributed by atoms with E-state index in [1.165, 1.54) is 20.9 Å². The van der Waals surface area contributed by atoms with Crippen molar-refractivity contribution in [3.63, 3.8) is 0 Å². The maximum Gasteiger partial charge on any atom is 0.253 e. The minimum absolute atomic E-state index is 0.220. The van der Waals surface area contributed by atoms with E-state index in [1.807, 2.05) is 0 Å². The van der Waals surface area contributed by atoms with E-state index >= 15 is 0 Å². The summed E-state index contributed by atoms with van der Waals surface area (Å²) < 4.78 is 10.8. The van der Waals surface area contributed by atoms with Crippen LogP contribution < -0.4 is 0 Å². The monoisotopic (exact) mass is 377 g/mol. The van der Waals surface area contributed by atoms with Gasteiger partial charge in [0.1, 0.15) is 42.7 Å². The Kier molecular flexibility index (Phi) is 6.41. The lowest BCUT2D eigenvalue weighted by Gasteiger charge is -2.44. The topological polar surface area (TPSA) is 160 Å². The van der Waals surface area contributed by atoms with Crippen molar-refractivity contribution in [2.24, 2.45) is 0 Å². The zero-order valence-corrected chi connectivity index (χ0v) is 14.8. The van der Waals surface area contributed by atoms with Crippen LogP contribution in [0.25, 0.3) is 0 Å². The van der Waals surface area contributed by atoms with Gasteiger partial charge in [-0.05, 0) is 13.8 Å². The summed E-state index contributed by atoms with van der Waals surface area (Å²) in [6, 6.07) is 0. The molecule has 0 bridgehead atoms. The Hall–Kier alpha value is -1.11. The average Bonchev–Trinajstić information content (AvgIpc) is 2.62. The number of carbonyl (C=O) groups is 1. The predicted molar refractivity (Wildman–Crippen MR) is 86.6 cm³/mol. The highest BCUT2D eigenvalue weighted by Crippen LogP contribution is 2.28. The fourth-order valence-electron chi connectivity index (χ4n) is 3.15. The van der Waals surface area contributed by atoms with Crippen molar-refractivity contribution in [3.05, 3.63) is 12.2 Å². The van der Waals surface area contributed by atoms with Gasteiger partial charge in [0.15, 0.2) is 6.23 Å². The molecule has 1 unspecified atom stereocenters. The largest absolute Gasteiger partial charge is 0.388 e. The fraction of sp³-hybridized carbons (Fsp3) is 0.812. The Morgan fingerprint density at radius 1 is 0.808 bits per heavy atom. The zero-order chi connectivity index (χ0) is 19.9. The number of aliphatic hydroxyl groups excluding tert-OH is 6. The van der Waals surface area contributed by atoms with Crippen molar-refractivity contribution >= 4 is 5.91 Å². The number of likely N-dealkylation sites (N-methyl/N-ethyl adjacent to an activating group) is 1. The second-order valence-corrected chi connectivity index (χ2v) is 6.88. The third-order valence-corrected chi connectivity index (χ3v) is 5.00. The maximum atomic E-state index is 12.7. The van der Waals surface area contributed by atoms with Crippen molar-refractivity contribution in [3.8, 4) is 0 Å². The number of aliphatic hydroxyl groups is 6. The van der Waals surface area contributed by atoms with Crippen LogP contribution in [0.15, 0.2) is 12.2 Å². The molecule has 10 heteroatoms. The molecule has 2 fully saturated rings. The minimum atomic E-state index is -1.57. The molecule has 0 radical (unpaired) electrons. The van der Waals surface area contributed by atoms with Crippen molar-refractivity contribution in [2.45, 2.75) is 75.0 Å². The summed E-state index contributed by atoms with van der Waals surface area (Å²) in [6.07, 6.45) is -13.0. The summed E-state index contributed by atoms with van der Waals surface area (Å²) >= 11 is 0. The lowest BCUT2D eigenvalue weighted by Crippen LogP contribution is -2.63. The van der Waals surface area contributed by atoms with Gasteiger partial charge in [0.2, 0.25) is 0 Å². The second-order valence-electron chi connectivity index (χ2n) is 6.88. The van der Waals surface area contributed by atoms with Gasteiger partial charge in [-0.25, -0.2) is 0 Å². The Morgan fingerprint density at radius 3 is 1.81 bits per heavy atom. The SMILES string of the molecule is C=C(C(=O)N(C)[C@H]1O[C@@H](C)[C@H](O)[C@@H](O)[C@H]1O)C1O[C@@H](C)[C@H](O)[C@@H](O)[C@H]1O. The van der Waals surface area contributed by atoms with Crippen LogP contribution >= 0.6 is 0 Å². The number of amides is 1. The predicted octanol–water partition coefficient (Wildman–Crippen LogP) is -3.30. The number of ether oxygens (including phenoxy) is 2. The van der Waals surface area contributed by atoms with Gasteiger partial charge in [-0.15, -0.1) is 0 Å². The molecule has 150 valence electrons. The maximum absolute atomic E-state index is 12.7. The highest BCUT2D eigenvalue weighted by atomic mass is 16.6. The van der Waals surface area contributed by atoms with Crippen molar-refractivity contribution in [1.82, 2.24) is 4.90 Å². The normalized spacial score (nSPS) is 46.7. The lowest BCUT2D eigenvalue weighted by atomic mass is 9.91. The number of nitrogens with zero attached hydrogens (tertiary/aromatic N) is 1. The highest BCUT2D eigenvalue weighted by Gasteiger charge is 2.47. The summed E-state index contributed by atoms with van der Waals surface area (Å²) in [4.78, 5) is 13.6. The first-order valence-electron chi connectivity index (χ1n) is 8.34. The fourth-order valence-corrected chi connectivity index (χ4v) is 3.15. The van der Waals surface area contributed by atoms with Crippen LogP contribution in [0.2, 0.25) is 0 Å². The van der Waals surface area contributed by atoms with E-state index in [1.54, 1.807) is 0 Å². The van der Waals surface area contributed by atoms with E-state index in [0.717, 1.165) is 4.90 Å². The quantitative estimate of drug-likeness (QED) is 0.277. The number of carbonyl (C=O) groups excluding carboxylic acids is 1. The molecule has 0 aromatic carbocycles. The molecule has 0 spiro atoms. The molecule has 2 aliphatic heterocycles. The molecule has 10 atom stereocenters. The van der Waals surface area contributed by atoms with Crippen LogP contribution in [0.4, 0.5) is 0 Å². The van der Waals surface area contributed by atoms with Gasteiger partial charge in [0.25, 0.3) is 5.91 Å². The lowest BCUT2D eigenvalue weighted by molar-refractivity contribution is -0.249.